The van der Waals surface area contributed by atoms with Gasteiger partial charge in [0.05, 0.1) is 0 Å². The van der Waals surface area contributed by atoms with Gasteiger partial charge in [-0.2, -0.15) is 0 Å². The van der Waals surface area contributed by atoms with Crippen LogP contribution in [0.1, 0.15) is 21.9 Å². The lowest BCUT2D eigenvalue weighted by Gasteiger charge is -2.17. The van der Waals surface area contributed by atoms with Crippen LogP contribution in [0.25, 0.3) is 0 Å². The first-order valence-corrected chi connectivity index (χ1v) is 9.20. The van der Waals surface area contributed by atoms with E-state index in [-0.39, 0.29) is 11.2 Å². The molecule has 3 aromatic rings. The molecule has 2 nitrogen and oxygen atoms in total. The van der Waals surface area contributed by atoms with Crippen LogP contribution < -0.4 is 5.32 Å². The summed E-state index contributed by atoms with van der Waals surface area (Å²) in [7, 11) is 0. The quantitative estimate of drug-likeness (QED) is 0.625. The smallest absolute Gasteiger partial charge is 0.238 e. The molecule has 0 aliphatic heterocycles. The van der Waals surface area contributed by atoms with E-state index in [0.29, 0.717) is 6.54 Å². The monoisotopic (exact) mass is 347 g/mol. The number of carbonyl (C=O) groups excluding carboxylic acids is 1. The number of aryl methyl sites for hydroxylation is 1. The number of nitrogens with one attached hydrogen (secondary N) is 1. The van der Waals surface area contributed by atoms with E-state index < -0.39 is 0 Å². The first-order valence-electron chi connectivity index (χ1n) is 8.32. The summed E-state index contributed by atoms with van der Waals surface area (Å²) < 4.78 is 0. The Morgan fingerprint density at radius 2 is 1.48 bits per heavy atom. The number of amides is 1. The molecule has 0 fully saturated rings. The number of rotatable bonds is 6. The van der Waals surface area contributed by atoms with E-state index in [2.05, 4.69) is 36.5 Å². The molecular weight excluding hydrogens is 326 g/mol. The van der Waals surface area contributed by atoms with Gasteiger partial charge in [-0.05, 0) is 30.2 Å². The van der Waals surface area contributed by atoms with Crippen LogP contribution in [0.5, 0.6) is 0 Å². The van der Waals surface area contributed by atoms with Gasteiger partial charge in [-0.25, -0.2) is 0 Å². The lowest BCUT2D eigenvalue weighted by molar-refractivity contribution is -0.120. The number of carbonyl (C=O) groups is 1. The summed E-state index contributed by atoms with van der Waals surface area (Å²) in [6.07, 6.45) is 0. The third kappa shape index (κ3) is 4.97. The van der Waals surface area contributed by atoms with Crippen molar-refractivity contribution < 1.29 is 4.79 Å². The molecule has 0 spiro atoms. The van der Waals surface area contributed by atoms with Crippen molar-refractivity contribution in [2.45, 2.75) is 23.6 Å². The van der Waals surface area contributed by atoms with Crippen LogP contribution >= 0.6 is 11.8 Å². The first kappa shape index (κ1) is 17.3. The highest BCUT2D eigenvalue weighted by atomic mass is 32.2. The normalized spacial score (nSPS) is 11.7. The third-order valence-electron chi connectivity index (χ3n) is 3.92. The van der Waals surface area contributed by atoms with Crippen molar-refractivity contribution in [2.75, 3.05) is 0 Å². The summed E-state index contributed by atoms with van der Waals surface area (Å²) >= 11 is 1.58. The summed E-state index contributed by atoms with van der Waals surface area (Å²) in [6, 6.07) is 28.2. The fourth-order valence-corrected chi connectivity index (χ4v) is 3.59. The standard InChI is InChI=1S/C22H21NOS/c1-17-12-14-18(15-13-17)16-23-22(24)21(19-8-4-2-5-9-19)25-20-10-6-3-7-11-20/h2-15,21H,16H2,1H3,(H,23,24)/t21-/m1/s1. The van der Waals surface area contributed by atoms with E-state index >= 15 is 0 Å². The lowest BCUT2D eigenvalue weighted by Crippen LogP contribution is -2.27. The van der Waals surface area contributed by atoms with Crippen LogP contribution in [-0.2, 0) is 11.3 Å². The minimum atomic E-state index is -0.269. The summed E-state index contributed by atoms with van der Waals surface area (Å²) in [5, 5.41) is 2.81. The Bertz CT molecular complexity index is 800. The maximum Gasteiger partial charge on any atom is 0.238 e. The van der Waals surface area contributed by atoms with Gasteiger partial charge < -0.3 is 5.32 Å². The van der Waals surface area contributed by atoms with Gasteiger partial charge in [-0.3, -0.25) is 4.79 Å². The van der Waals surface area contributed by atoms with Crippen molar-refractivity contribution in [3.05, 3.63) is 102 Å². The van der Waals surface area contributed by atoms with Gasteiger partial charge in [0.1, 0.15) is 5.25 Å². The molecule has 0 aliphatic carbocycles. The molecule has 0 radical (unpaired) electrons. The summed E-state index contributed by atoms with van der Waals surface area (Å²) in [6.45, 7) is 2.60. The summed E-state index contributed by atoms with van der Waals surface area (Å²) in [5.74, 6) is 0.0284. The van der Waals surface area contributed by atoms with E-state index in [1.165, 1.54) is 5.56 Å². The molecule has 0 heterocycles. The number of thioether (sulfide) groups is 1. The zero-order valence-electron chi connectivity index (χ0n) is 14.2. The van der Waals surface area contributed by atoms with Crippen LogP contribution in [0, 0.1) is 6.92 Å². The van der Waals surface area contributed by atoms with Crippen LogP contribution in [0.15, 0.2) is 89.8 Å². The molecule has 3 heteroatoms. The molecule has 0 saturated carbocycles. The zero-order chi connectivity index (χ0) is 17.5. The fourth-order valence-electron chi connectivity index (χ4n) is 2.52. The van der Waals surface area contributed by atoms with E-state index in [1.807, 2.05) is 60.7 Å². The van der Waals surface area contributed by atoms with Gasteiger partial charge in [0.2, 0.25) is 5.91 Å². The highest BCUT2D eigenvalue weighted by Crippen LogP contribution is 2.35. The van der Waals surface area contributed by atoms with Gasteiger partial charge in [0.25, 0.3) is 0 Å². The van der Waals surface area contributed by atoms with Crippen LogP contribution in [-0.4, -0.2) is 5.91 Å². The Morgan fingerprint density at radius 3 is 2.12 bits per heavy atom. The van der Waals surface area contributed by atoms with Crippen LogP contribution in [0.4, 0.5) is 0 Å². The van der Waals surface area contributed by atoms with Crippen molar-refractivity contribution in [2.24, 2.45) is 0 Å². The fraction of sp³-hybridized carbons (Fsp3) is 0.136. The second-order valence-corrected chi connectivity index (χ2v) is 7.10. The average Bonchev–Trinajstić information content (AvgIpc) is 2.67. The van der Waals surface area contributed by atoms with Crippen LogP contribution in [0.3, 0.4) is 0 Å². The van der Waals surface area contributed by atoms with Gasteiger partial charge >= 0.3 is 0 Å². The molecule has 126 valence electrons. The molecule has 0 unspecified atom stereocenters. The number of hydrogen-bond acceptors (Lipinski definition) is 2. The minimum absolute atomic E-state index is 0.0284. The lowest BCUT2D eigenvalue weighted by atomic mass is 10.1. The second-order valence-electron chi connectivity index (χ2n) is 5.93. The van der Waals surface area contributed by atoms with Crippen molar-refractivity contribution in [3.63, 3.8) is 0 Å². The highest BCUT2D eigenvalue weighted by molar-refractivity contribution is 8.00. The SMILES string of the molecule is Cc1ccc(CNC(=O)[C@H](Sc2ccccc2)c2ccccc2)cc1. The molecular formula is C22H21NOS. The molecule has 3 rings (SSSR count). The van der Waals surface area contributed by atoms with Gasteiger partial charge in [0, 0.05) is 11.4 Å². The third-order valence-corrected chi connectivity index (χ3v) is 5.19. The Balaban J connectivity index is 1.74. The van der Waals surface area contributed by atoms with Crippen LogP contribution in [0.2, 0.25) is 0 Å². The van der Waals surface area contributed by atoms with Crippen molar-refractivity contribution in [1.29, 1.82) is 0 Å². The molecule has 3 aromatic carbocycles. The highest BCUT2D eigenvalue weighted by Gasteiger charge is 2.21. The van der Waals surface area contributed by atoms with E-state index in [1.54, 1.807) is 11.8 Å². The average molecular weight is 347 g/mol. The Morgan fingerprint density at radius 1 is 0.880 bits per heavy atom. The molecule has 1 N–H and O–H groups in total. The predicted molar refractivity (Wildman–Crippen MR) is 105 cm³/mol. The topological polar surface area (TPSA) is 29.1 Å². The first-order chi connectivity index (χ1) is 12.2. The summed E-state index contributed by atoms with van der Waals surface area (Å²) in [4.78, 5) is 13.9. The van der Waals surface area contributed by atoms with Gasteiger partial charge in [-0.15, -0.1) is 11.8 Å². The number of hydrogen-bond donors (Lipinski definition) is 1. The molecule has 25 heavy (non-hydrogen) atoms. The van der Waals surface area contributed by atoms with Crippen molar-refractivity contribution >= 4 is 17.7 Å². The molecule has 0 aliphatic rings. The minimum Gasteiger partial charge on any atom is -0.351 e. The second kappa shape index (κ2) is 8.54. The molecule has 0 aromatic heterocycles. The van der Waals surface area contributed by atoms with E-state index in [0.717, 1.165) is 16.0 Å². The van der Waals surface area contributed by atoms with Crippen molar-refractivity contribution in [3.8, 4) is 0 Å². The van der Waals surface area contributed by atoms with E-state index in [9.17, 15) is 4.79 Å². The maximum atomic E-state index is 12.9. The Labute approximate surface area is 153 Å². The molecule has 1 atom stereocenters. The zero-order valence-corrected chi connectivity index (χ0v) is 15.0. The maximum absolute atomic E-state index is 12.9. The Kier molecular flexibility index (Phi) is 5.91. The van der Waals surface area contributed by atoms with E-state index in [4.69, 9.17) is 0 Å². The summed E-state index contributed by atoms with van der Waals surface area (Å²) in [5.41, 5.74) is 3.34. The number of benzene rings is 3. The molecule has 0 bridgehead atoms. The molecule has 1 amide bonds. The van der Waals surface area contributed by atoms with Gasteiger partial charge in [0.15, 0.2) is 0 Å². The molecule has 0 saturated heterocycles. The Hall–Kier alpha value is -2.52. The van der Waals surface area contributed by atoms with Gasteiger partial charge in [-0.1, -0.05) is 78.4 Å². The van der Waals surface area contributed by atoms with Crippen molar-refractivity contribution in [1.82, 2.24) is 5.32 Å². The predicted octanol–water partition coefficient (Wildman–Crippen LogP) is 5.14. The largest absolute Gasteiger partial charge is 0.351 e.